The fourth-order valence-corrected chi connectivity index (χ4v) is 0.993. The Kier molecular flexibility index (Phi) is 3.43. The van der Waals surface area contributed by atoms with E-state index in [4.69, 9.17) is 10.6 Å². The molecule has 0 radical (unpaired) electrons. The van der Waals surface area contributed by atoms with Gasteiger partial charge in [-0.1, -0.05) is 29.4 Å². The van der Waals surface area contributed by atoms with E-state index in [0.717, 1.165) is 0 Å². The molecular formula is C9H7N3O3. The lowest BCUT2D eigenvalue weighted by Gasteiger charge is -1.97. The maximum absolute atomic E-state index is 10.8. The number of hydrogen-bond acceptors (Lipinski definition) is 3. The van der Waals surface area contributed by atoms with E-state index < -0.39 is 11.8 Å². The summed E-state index contributed by atoms with van der Waals surface area (Å²) in [6, 6.07) is 6.13. The fourth-order valence-electron chi connectivity index (χ4n) is 0.993. The first-order valence-corrected chi connectivity index (χ1v) is 4.03. The number of carboxylic acids is 1. The van der Waals surface area contributed by atoms with Crippen molar-refractivity contribution in [3.63, 3.8) is 0 Å². The van der Waals surface area contributed by atoms with Crippen molar-refractivity contribution in [3.8, 4) is 0 Å². The Morgan fingerprint density at radius 3 is 2.40 bits per heavy atom. The van der Waals surface area contributed by atoms with Gasteiger partial charge in [-0.3, -0.25) is 4.79 Å². The van der Waals surface area contributed by atoms with Crippen LogP contribution in [0.25, 0.3) is 10.4 Å². The second-order valence-electron chi connectivity index (χ2n) is 2.76. The number of ketones is 1. The number of nitrogens with zero attached hydrogens (tertiary/aromatic N) is 3. The normalized spacial score (nSPS) is 9.07. The smallest absolute Gasteiger partial charge is 0.372 e. The molecule has 0 amide bonds. The van der Waals surface area contributed by atoms with E-state index in [1.165, 1.54) is 12.1 Å². The van der Waals surface area contributed by atoms with Crippen LogP contribution in [0.4, 0.5) is 5.69 Å². The van der Waals surface area contributed by atoms with E-state index in [9.17, 15) is 9.59 Å². The molecule has 0 saturated heterocycles. The van der Waals surface area contributed by atoms with Gasteiger partial charge in [0.2, 0.25) is 5.78 Å². The number of carbonyl (C=O) groups excluding carboxylic acids is 1. The molecule has 0 aromatic heterocycles. The predicted octanol–water partition coefficient (Wildman–Crippen LogP) is 1.82. The van der Waals surface area contributed by atoms with Gasteiger partial charge in [0, 0.05) is 17.0 Å². The highest BCUT2D eigenvalue weighted by atomic mass is 16.4. The summed E-state index contributed by atoms with van der Waals surface area (Å²) in [5.74, 6) is -2.32. The molecule has 0 unspecified atom stereocenters. The van der Waals surface area contributed by atoms with E-state index in [2.05, 4.69) is 10.0 Å². The number of Topliss-reactive ketones (excluding diaryl/α,β-unsaturated/α-hetero) is 1. The molecule has 0 fully saturated rings. The zero-order chi connectivity index (χ0) is 11.3. The van der Waals surface area contributed by atoms with Crippen molar-refractivity contribution >= 4 is 17.4 Å². The first kappa shape index (κ1) is 10.7. The number of carboxylic acid groups (broad SMARTS) is 1. The van der Waals surface area contributed by atoms with Crippen LogP contribution in [-0.2, 0) is 16.0 Å². The summed E-state index contributed by atoms with van der Waals surface area (Å²) >= 11 is 0. The Hall–Kier alpha value is -2.33. The van der Waals surface area contributed by atoms with Crippen molar-refractivity contribution in [3.05, 3.63) is 40.3 Å². The van der Waals surface area contributed by atoms with Crippen LogP contribution in [0, 0.1) is 0 Å². The van der Waals surface area contributed by atoms with Crippen LogP contribution in [-0.4, -0.2) is 16.9 Å². The monoisotopic (exact) mass is 205 g/mol. The lowest BCUT2D eigenvalue weighted by Crippen LogP contribution is -2.14. The van der Waals surface area contributed by atoms with E-state index in [1.807, 2.05) is 0 Å². The lowest BCUT2D eigenvalue weighted by molar-refractivity contribution is -0.148. The third-order valence-electron chi connectivity index (χ3n) is 1.70. The van der Waals surface area contributed by atoms with Gasteiger partial charge in [0.05, 0.1) is 0 Å². The molecule has 0 bridgehead atoms. The van der Waals surface area contributed by atoms with Crippen molar-refractivity contribution in [2.24, 2.45) is 5.11 Å². The first-order chi connectivity index (χ1) is 7.13. The molecule has 0 spiro atoms. The average molecular weight is 205 g/mol. The molecular weight excluding hydrogens is 198 g/mol. The number of carbonyl (C=O) groups is 2. The van der Waals surface area contributed by atoms with Gasteiger partial charge < -0.3 is 5.11 Å². The van der Waals surface area contributed by atoms with Crippen LogP contribution in [0.5, 0.6) is 0 Å². The van der Waals surface area contributed by atoms with E-state index >= 15 is 0 Å². The molecule has 6 heteroatoms. The maximum atomic E-state index is 10.8. The van der Waals surface area contributed by atoms with Crippen LogP contribution in [0.15, 0.2) is 29.4 Å². The van der Waals surface area contributed by atoms with Gasteiger partial charge in [0.25, 0.3) is 0 Å². The van der Waals surface area contributed by atoms with Gasteiger partial charge in [-0.2, -0.15) is 0 Å². The molecule has 1 aromatic rings. The molecule has 15 heavy (non-hydrogen) atoms. The van der Waals surface area contributed by atoms with Gasteiger partial charge >= 0.3 is 5.97 Å². The molecule has 1 rings (SSSR count). The van der Waals surface area contributed by atoms with Crippen molar-refractivity contribution in [2.75, 3.05) is 0 Å². The topological polar surface area (TPSA) is 103 Å². The highest BCUT2D eigenvalue weighted by molar-refractivity contribution is 6.33. The van der Waals surface area contributed by atoms with Gasteiger partial charge in [0.1, 0.15) is 0 Å². The fraction of sp³-hybridized carbons (Fsp3) is 0.111. The van der Waals surface area contributed by atoms with E-state index in [0.29, 0.717) is 11.3 Å². The van der Waals surface area contributed by atoms with E-state index in [1.54, 1.807) is 12.1 Å². The van der Waals surface area contributed by atoms with Crippen LogP contribution in [0.3, 0.4) is 0 Å². The summed E-state index contributed by atoms with van der Waals surface area (Å²) < 4.78 is 0. The average Bonchev–Trinajstić information content (AvgIpc) is 2.21. The molecule has 76 valence electrons. The summed E-state index contributed by atoms with van der Waals surface area (Å²) in [4.78, 5) is 23.7. The molecule has 1 aromatic carbocycles. The summed E-state index contributed by atoms with van der Waals surface area (Å²) in [6.45, 7) is 0. The molecule has 1 N–H and O–H groups in total. The minimum atomic E-state index is -1.45. The SMILES string of the molecule is [N-]=[N+]=Nc1ccc(CC(=O)C(=O)O)cc1. The number of azide groups is 1. The van der Waals surface area contributed by atoms with Crippen LogP contribution in [0.2, 0.25) is 0 Å². The summed E-state index contributed by atoms with van der Waals surface area (Å²) in [6.07, 6.45) is -0.161. The molecule has 0 aliphatic heterocycles. The quantitative estimate of drug-likeness (QED) is 0.351. The zero-order valence-corrected chi connectivity index (χ0v) is 7.62. The largest absolute Gasteiger partial charge is 0.475 e. The Morgan fingerprint density at radius 1 is 1.33 bits per heavy atom. The molecule has 0 heterocycles. The maximum Gasteiger partial charge on any atom is 0.372 e. The molecule has 6 nitrogen and oxygen atoms in total. The predicted molar refractivity (Wildman–Crippen MR) is 51.6 cm³/mol. The third kappa shape index (κ3) is 3.13. The van der Waals surface area contributed by atoms with Gasteiger partial charge in [-0.15, -0.1) is 0 Å². The number of rotatable bonds is 4. The molecule has 0 saturated carbocycles. The number of aliphatic carboxylic acids is 1. The number of benzene rings is 1. The molecule has 0 aliphatic carbocycles. The molecule has 0 atom stereocenters. The zero-order valence-electron chi connectivity index (χ0n) is 7.62. The van der Waals surface area contributed by atoms with Gasteiger partial charge in [0.15, 0.2) is 0 Å². The standard InChI is InChI=1S/C9H7N3O3/c10-12-11-7-3-1-6(2-4-7)5-8(13)9(14)15/h1-4H,5H2,(H,14,15). The third-order valence-corrected chi connectivity index (χ3v) is 1.70. The van der Waals surface area contributed by atoms with Crippen molar-refractivity contribution < 1.29 is 14.7 Å². The Balaban J connectivity index is 2.76. The van der Waals surface area contributed by atoms with Crippen LogP contribution < -0.4 is 0 Å². The Morgan fingerprint density at radius 2 is 1.93 bits per heavy atom. The minimum Gasteiger partial charge on any atom is -0.475 e. The van der Waals surface area contributed by atoms with Crippen molar-refractivity contribution in [2.45, 2.75) is 6.42 Å². The second-order valence-corrected chi connectivity index (χ2v) is 2.76. The van der Waals surface area contributed by atoms with Crippen molar-refractivity contribution in [1.82, 2.24) is 0 Å². The second kappa shape index (κ2) is 4.78. The van der Waals surface area contributed by atoms with Gasteiger partial charge in [-0.05, 0) is 11.1 Å². The van der Waals surface area contributed by atoms with Crippen molar-refractivity contribution in [1.29, 1.82) is 0 Å². The highest BCUT2D eigenvalue weighted by Crippen LogP contribution is 2.13. The van der Waals surface area contributed by atoms with Crippen LogP contribution in [0.1, 0.15) is 5.56 Å². The summed E-state index contributed by atoms with van der Waals surface area (Å²) in [5.41, 5.74) is 9.12. The lowest BCUT2D eigenvalue weighted by atomic mass is 10.1. The van der Waals surface area contributed by atoms with Crippen LogP contribution >= 0.6 is 0 Å². The molecule has 0 aliphatic rings. The Labute approximate surface area is 84.8 Å². The first-order valence-electron chi connectivity index (χ1n) is 4.03. The number of hydrogen-bond donors (Lipinski definition) is 1. The summed E-state index contributed by atoms with van der Waals surface area (Å²) in [7, 11) is 0. The van der Waals surface area contributed by atoms with E-state index in [-0.39, 0.29) is 6.42 Å². The minimum absolute atomic E-state index is 0.161. The van der Waals surface area contributed by atoms with Gasteiger partial charge in [-0.25, -0.2) is 4.79 Å². The highest BCUT2D eigenvalue weighted by Gasteiger charge is 2.11. The summed E-state index contributed by atoms with van der Waals surface area (Å²) in [5, 5.41) is 11.7. The Bertz CT molecular complexity index is 432.